The van der Waals surface area contributed by atoms with Crippen LogP contribution in [-0.2, 0) is 22.4 Å². The normalized spacial score (nSPS) is 16.0. The van der Waals surface area contributed by atoms with Crippen molar-refractivity contribution in [3.8, 4) is 11.4 Å². The van der Waals surface area contributed by atoms with Gasteiger partial charge in [0.05, 0.1) is 6.54 Å². The number of amides is 2. The number of nitrogens with zero attached hydrogens (tertiary/aromatic N) is 3. The third kappa shape index (κ3) is 6.62. The fourth-order valence-corrected chi connectivity index (χ4v) is 5.63. The van der Waals surface area contributed by atoms with Crippen LogP contribution in [0.1, 0.15) is 46.8 Å². The van der Waals surface area contributed by atoms with E-state index in [9.17, 15) is 19.5 Å². The number of nitrogens with one attached hydrogen (secondary N) is 4. The van der Waals surface area contributed by atoms with Crippen LogP contribution in [0.4, 0.5) is 5.69 Å². The molecule has 2 aromatic carbocycles. The maximum absolute atomic E-state index is 13.3. The highest BCUT2D eigenvalue weighted by Crippen LogP contribution is 2.26. The predicted molar refractivity (Wildman–Crippen MR) is 161 cm³/mol. The number of hydrogen-bond acceptors (Lipinski definition) is 7. The third-order valence-electron chi connectivity index (χ3n) is 7.92. The number of imidazole rings is 1. The number of guanidine groups is 1. The molecular weight excluding hydrogens is 534 g/mol. The van der Waals surface area contributed by atoms with E-state index in [0.29, 0.717) is 30.3 Å². The van der Waals surface area contributed by atoms with Gasteiger partial charge in [-0.2, -0.15) is 0 Å². The molecule has 5 N–H and O–H groups in total. The van der Waals surface area contributed by atoms with E-state index in [-0.39, 0.29) is 18.2 Å². The lowest BCUT2D eigenvalue weighted by atomic mass is 9.95. The predicted octanol–water partition coefficient (Wildman–Crippen LogP) is 2.67. The Labute approximate surface area is 244 Å². The highest BCUT2D eigenvalue weighted by molar-refractivity contribution is 6.00. The second kappa shape index (κ2) is 12.9. The first-order valence-corrected chi connectivity index (χ1v) is 14.4. The van der Waals surface area contributed by atoms with Crippen molar-refractivity contribution in [1.82, 2.24) is 25.9 Å². The Morgan fingerprint density at radius 2 is 1.90 bits per heavy atom. The van der Waals surface area contributed by atoms with E-state index in [4.69, 9.17) is 0 Å². The molecule has 0 saturated carbocycles. The number of H-pyrrole nitrogens is 1. The molecule has 0 bridgehead atoms. The van der Waals surface area contributed by atoms with E-state index in [1.165, 1.54) is 0 Å². The summed E-state index contributed by atoms with van der Waals surface area (Å²) in [6.45, 7) is 6.76. The number of carbonyl (C=O) groups excluding carboxylic acids is 2. The molecule has 3 aromatic rings. The molecule has 42 heavy (non-hydrogen) atoms. The highest BCUT2D eigenvalue weighted by atomic mass is 16.4. The molecule has 220 valence electrons. The summed E-state index contributed by atoms with van der Waals surface area (Å²) in [6.07, 6.45) is 5.69. The molecule has 1 unspecified atom stereocenters. The van der Waals surface area contributed by atoms with Gasteiger partial charge in [0.15, 0.2) is 5.96 Å². The number of piperidine rings is 1. The monoisotopic (exact) mass is 571 g/mol. The first-order valence-electron chi connectivity index (χ1n) is 14.4. The molecule has 1 fully saturated rings. The number of carboxylic acid groups (broad SMARTS) is 1. The van der Waals surface area contributed by atoms with E-state index >= 15 is 0 Å². The summed E-state index contributed by atoms with van der Waals surface area (Å²) >= 11 is 0. The molecule has 0 radical (unpaired) electrons. The van der Waals surface area contributed by atoms with Crippen LogP contribution in [0.3, 0.4) is 0 Å². The topological polar surface area (TPSA) is 152 Å². The summed E-state index contributed by atoms with van der Waals surface area (Å²) in [5, 5.41) is 18.6. The minimum atomic E-state index is -1.09. The van der Waals surface area contributed by atoms with Gasteiger partial charge in [-0.05, 0) is 67.1 Å². The summed E-state index contributed by atoms with van der Waals surface area (Å²) in [7, 11) is 0. The number of aromatic nitrogens is 2. The van der Waals surface area contributed by atoms with E-state index in [1.807, 2.05) is 50.2 Å². The van der Waals surface area contributed by atoms with Crippen molar-refractivity contribution in [3.05, 3.63) is 71.0 Å². The van der Waals surface area contributed by atoms with E-state index in [0.717, 1.165) is 60.4 Å². The standard InChI is InChI=1S/C31H37N7O4/c1-3-21-18-23(27-32-10-11-33-27)16-19(2)26(21)29(40)36-25(30(41)42)17-20-4-6-24(7-5-20)38-14-8-22(9-15-38)28(39)37-31-34-12-13-35-31/h4-7,10-11,16,18,22,25H,3,8-9,12-15,17H2,1-2H3,(H,32,33)(H,36,40)(H,41,42)(H2,34,35,37,39). The van der Waals surface area contributed by atoms with E-state index < -0.39 is 17.9 Å². The summed E-state index contributed by atoms with van der Waals surface area (Å²) in [5.41, 5.74) is 4.81. The molecule has 0 spiro atoms. The van der Waals surface area contributed by atoms with Gasteiger partial charge in [0.25, 0.3) is 5.91 Å². The number of aryl methyl sites for hydroxylation is 2. The fourth-order valence-electron chi connectivity index (χ4n) is 5.63. The Hall–Kier alpha value is -4.67. The highest BCUT2D eigenvalue weighted by Gasteiger charge is 2.27. The SMILES string of the molecule is CCc1cc(-c2ncc[nH]2)cc(C)c1C(=O)NC(Cc1ccc(N2CCC(C(=O)NC3=NCCN3)CC2)cc1)C(=O)O. The van der Waals surface area contributed by atoms with Gasteiger partial charge in [0.1, 0.15) is 11.9 Å². The average Bonchev–Trinajstić information content (AvgIpc) is 3.72. The molecule has 11 nitrogen and oxygen atoms in total. The zero-order valence-electron chi connectivity index (χ0n) is 23.9. The number of aromatic amines is 1. The molecule has 11 heteroatoms. The Morgan fingerprint density at radius 3 is 2.52 bits per heavy atom. The minimum absolute atomic E-state index is 0.00891. The fraction of sp³-hybridized carbons (Fsp3) is 0.387. The number of anilines is 1. The number of benzene rings is 2. The van der Waals surface area contributed by atoms with Crippen LogP contribution in [0.2, 0.25) is 0 Å². The molecule has 2 aliphatic heterocycles. The van der Waals surface area contributed by atoms with Crippen molar-refractivity contribution in [1.29, 1.82) is 0 Å². The number of hydrogen-bond donors (Lipinski definition) is 5. The molecule has 1 saturated heterocycles. The quantitative estimate of drug-likeness (QED) is 0.265. The van der Waals surface area contributed by atoms with Crippen molar-refractivity contribution < 1.29 is 19.5 Å². The summed E-state index contributed by atoms with van der Waals surface area (Å²) in [6, 6.07) is 10.5. The van der Waals surface area contributed by atoms with Crippen LogP contribution in [0.5, 0.6) is 0 Å². The lowest BCUT2D eigenvalue weighted by Gasteiger charge is -2.33. The van der Waals surface area contributed by atoms with E-state index in [1.54, 1.807) is 12.4 Å². The molecule has 2 aliphatic rings. The van der Waals surface area contributed by atoms with Crippen molar-refractivity contribution >= 4 is 29.4 Å². The largest absolute Gasteiger partial charge is 0.480 e. The van der Waals surface area contributed by atoms with Gasteiger partial charge in [-0.25, -0.2) is 9.78 Å². The van der Waals surface area contributed by atoms with Crippen LogP contribution < -0.4 is 20.9 Å². The number of carbonyl (C=O) groups is 3. The van der Waals surface area contributed by atoms with Crippen LogP contribution in [0.25, 0.3) is 11.4 Å². The number of aliphatic carboxylic acids is 1. The smallest absolute Gasteiger partial charge is 0.326 e. The van der Waals surface area contributed by atoms with Gasteiger partial charge in [-0.3, -0.25) is 19.9 Å². The van der Waals surface area contributed by atoms with Gasteiger partial charge in [-0.1, -0.05) is 19.1 Å². The van der Waals surface area contributed by atoms with Crippen molar-refractivity contribution in [2.24, 2.45) is 10.9 Å². The number of rotatable bonds is 9. The first kappa shape index (κ1) is 28.8. The summed E-state index contributed by atoms with van der Waals surface area (Å²) in [4.78, 5) is 51.9. The maximum Gasteiger partial charge on any atom is 0.326 e. The van der Waals surface area contributed by atoms with Crippen LogP contribution in [-0.4, -0.2) is 71.0 Å². The lowest BCUT2D eigenvalue weighted by Crippen LogP contribution is -2.45. The second-order valence-electron chi connectivity index (χ2n) is 10.8. The molecule has 3 heterocycles. The van der Waals surface area contributed by atoms with Gasteiger partial charge in [-0.15, -0.1) is 0 Å². The maximum atomic E-state index is 13.3. The molecular formula is C31H37N7O4. The van der Waals surface area contributed by atoms with Gasteiger partial charge in [0, 0.05) is 61.2 Å². The molecule has 1 aromatic heterocycles. The molecule has 1 atom stereocenters. The second-order valence-corrected chi connectivity index (χ2v) is 10.8. The zero-order chi connectivity index (χ0) is 29.6. The number of aliphatic imine (C=N–C) groups is 1. The van der Waals surface area contributed by atoms with Crippen molar-refractivity contribution in [2.75, 3.05) is 31.1 Å². The molecule has 5 rings (SSSR count). The first-order chi connectivity index (χ1) is 20.3. The Morgan fingerprint density at radius 1 is 1.14 bits per heavy atom. The molecule has 2 amide bonds. The van der Waals surface area contributed by atoms with Crippen LogP contribution in [0.15, 0.2) is 53.8 Å². The third-order valence-corrected chi connectivity index (χ3v) is 7.92. The van der Waals surface area contributed by atoms with Crippen LogP contribution >= 0.6 is 0 Å². The Balaban J connectivity index is 1.19. The van der Waals surface area contributed by atoms with Crippen molar-refractivity contribution in [2.45, 2.75) is 45.6 Å². The Bertz CT molecular complexity index is 1460. The van der Waals surface area contributed by atoms with Gasteiger partial charge in [0.2, 0.25) is 5.91 Å². The Kier molecular flexibility index (Phi) is 8.85. The van der Waals surface area contributed by atoms with Gasteiger partial charge < -0.3 is 25.6 Å². The number of carboxylic acids is 1. The van der Waals surface area contributed by atoms with Crippen molar-refractivity contribution in [3.63, 3.8) is 0 Å². The lowest BCUT2D eigenvalue weighted by molar-refractivity contribution is -0.139. The zero-order valence-corrected chi connectivity index (χ0v) is 23.9. The van der Waals surface area contributed by atoms with Crippen LogP contribution in [0, 0.1) is 12.8 Å². The summed E-state index contributed by atoms with van der Waals surface area (Å²) < 4.78 is 0. The van der Waals surface area contributed by atoms with Gasteiger partial charge >= 0.3 is 5.97 Å². The minimum Gasteiger partial charge on any atom is -0.480 e. The summed E-state index contributed by atoms with van der Waals surface area (Å²) in [5.74, 6) is -0.249. The average molecular weight is 572 g/mol. The molecule has 0 aliphatic carbocycles. The van der Waals surface area contributed by atoms with E-state index in [2.05, 4.69) is 35.8 Å².